The van der Waals surface area contributed by atoms with E-state index in [4.69, 9.17) is 4.74 Å². The fourth-order valence-electron chi connectivity index (χ4n) is 3.04. The summed E-state index contributed by atoms with van der Waals surface area (Å²) in [7, 11) is -3.77. The van der Waals surface area contributed by atoms with Gasteiger partial charge in [0.15, 0.2) is 0 Å². The Kier molecular flexibility index (Phi) is 6.17. The molecule has 1 aliphatic rings. The van der Waals surface area contributed by atoms with Gasteiger partial charge in [-0.15, -0.1) is 0 Å². The van der Waals surface area contributed by atoms with Crippen molar-refractivity contribution in [2.75, 3.05) is 32.8 Å². The lowest BCUT2D eigenvalue weighted by Gasteiger charge is -2.34. The topological polar surface area (TPSA) is 102 Å². The Bertz CT molecular complexity index is 866. The molecule has 0 aliphatic carbocycles. The summed E-state index contributed by atoms with van der Waals surface area (Å²) in [6.45, 7) is 2.86. The molecule has 1 atom stereocenters. The summed E-state index contributed by atoms with van der Waals surface area (Å²) in [5.41, 5.74) is 0.871. The summed E-state index contributed by atoms with van der Waals surface area (Å²) in [6, 6.07) is 14.4. The van der Waals surface area contributed by atoms with Gasteiger partial charge in [-0.1, -0.05) is 30.3 Å². The van der Waals surface area contributed by atoms with Crippen LogP contribution in [0.3, 0.4) is 0 Å². The lowest BCUT2D eigenvalue weighted by Crippen LogP contribution is -2.43. The van der Waals surface area contributed by atoms with Crippen molar-refractivity contribution in [3.05, 3.63) is 70.3 Å². The first-order valence-corrected chi connectivity index (χ1v) is 10.1. The molecule has 27 heavy (non-hydrogen) atoms. The number of benzene rings is 2. The minimum atomic E-state index is -3.77. The van der Waals surface area contributed by atoms with E-state index in [1.54, 1.807) is 0 Å². The minimum Gasteiger partial charge on any atom is -0.379 e. The van der Waals surface area contributed by atoms with Gasteiger partial charge in [0, 0.05) is 37.8 Å². The predicted octanol–water partition coefficient (Wildman–Crippen LogP) is 1.95. The number of nitro groups is 1. The van der Waals surface area contributed by atoms with E-state index in [0.717, 1.165) is 18.7 Å². The third kappa shape index (κ3) is 4.89. The molecule has 1 heterocycles. The molecular formula is C18H21N3O5S. The number of nitrogens with zero attached hydrogens (tertiary/aromatic N) is 2. The van der Waals surface area contributed by atoms with Crippen molar-refractivity contribution in [2.24, 2.45) is 0 Å². The Morgan fingerprint density at radius 1 is 1.07 bits per heavy atom. The van der Waals surface area contributed by atoms with E-state index in [9.17, 15) is 18.5 Å². The second-order valence-corrected chi connectivity index (χ2v) is 7.94. The normalized spacial score (nSPS) is 16.7. The van der Waals surface area contributed by atoms with Gasteiger partial charge in [0.1, 0.15) is 0 Å². The van der Waals surface area contributed by atoms with Gasteiger partial charge >= 0.3 is 0 Å². The molecule has 0 spiro atoms. The van der Waals surface area contributed by atoms with Gasteiger partial charge in [0.25, 0.3) is 5.69 Å². The van der Waals surface area contributed by atoms with Gasteiger partial charge in [0.05, 0.1) is 23.0 Å². The van der Waals surface area contributed by atoms with Crippen molar-refractivity contribution in [2.45, 2.75) is 10.9 Å². The lowest BCUT2D eigenvalue weighted by molar-refractivity contribution is -0.384. The van der Waals surface area contributed by atoms with E-state index in [-0.39, 0.29) is 23.2 Å². The molecular weight excluding hydrogens is 370 g/mol. The van der Waals surface area contributed by atoms with E-state index in [1.807, 2.05) is 30.3 Å². The van der Waals surface area contributed by atoms with Crippen molar-refractivity contribution < 1.29 is 18.1 Å². The number of non-ortho nitro benzene ring substituents is 1. The molecule has 144 valence electrons. The average molecular weight is 391 g/mol. The van der Waals surface area contributed by atoms with Crippen molar-refractivity contribution in [3.63, 3.8) is 0 Å². The quantitative estimate of drug-likeness (QED) is 0.572. The standard InChI is InChI=1S/C18H21N3O5S/c22-21(23)16-6-8-17(9-7-16)27(24,25)19-14-18(15-4-2-1-3-5-15)20-10-12-26-13-11-20/h1-9,18-19H,10-14H2. The van der Waals surface area contributed by atoms with E-state index in [0.29, 0.717) is 13.2 Å². The van der Waals surface area contributed by atoms with Crippen LogP contribution in [0, 0.1) is 10.1 Å². The monoisotopic (exact) mass is 391 g/mol. The molecule has 0 amide bonds. The van der Waals surface area contributed by atoms with E-state index in [2.05, 4.69) is 9.62 Å². The van der Waals surface area contributed by atoms with Crippen LogP contribution in [0.4, 0.5) is 5.69 Å². The van der Waals surface area contributed by atoms with Crippen LogP contribution in [-0.2, 0) is 14.8 Å². The van der Waals surface area contributed by atoms with Gasteiger partial charge in [0.2, 0.25) is 10.0 Å². The average Bonchev–Trinajstić information content (AvgIpc) is 2.70. The van der Waals surface area contributed by atoms with E-state index < -0.39 is 14.9 Å². The van der Waals surface area contributed by atoms with Gasteiger partial charge in [-0.05, 0) is 17.7 Å². The second-order valence-electron chi connectivity index (χ2n) is 6.18. The first-order valence-electron chi connectivity index (χ1n) is 8.58. The maximum Gasteiger partial charge on any atom is 0.269 e. The van der Waals surface area contributed by atoms with Crippen molar-refractivity contribution in [3.8, 4) is 0 Å². The third-order valence-corrected chi connectivity index (χ3v) is 5.93. The summed E-state index contributed by atoms with van der Waals surface area (Å²) in [4.78, 5) is 12.4. The zero-order valence-electron chi connectivity index (χ0n) is 14.7. The van der Waals surface area contributed by atoms with Crippen LogP contribution in [-0.4, -0.2) is 51.1 Å². The number of morpholine rings is 1. The smallest absolute Gasteiger partial charge is 0.269 e. The maximum absolute atomic E-state index is 12.6. The third-order valence-electron chi connectivity index (χ3n) is 4.50. The molecule has 1 unspecified atom stereocenters. The summed E-state index contributed by atoms with van der Waals surface area (Å²) in [5.74, 6) is 0. The van der Waals surface area contributed by atoms with E-state index in [1.165, 1.54) is 24.3 Å². The first-order chi connectivity index (χ1) is 13.0. The molecule has 2 aromatic carbocycles. The largest absolute Gasteiger partial charge is 0.379 e. The number of sulfonamides is 1. The fourth-order valence-corrected chi connectivity index (χ4v) is 4.08. The van der Waals surface area contributed by atoms with Gasteiger partial charge in [-0.25, -0.2) is 13.1 Å². The highest BCUT2D eigenvalue weighted by atomic mass is 32.2. The number of ether oxygens (including phenoxy) is 1. The van der Waals surface area contributed by atoms with Crippen molar-refractivity contribution >= 4 is 15.7 Å². The Labute approximate surface area is 158 Å². The zero-order chi connectivity index (χ0) is 19.3. The van der Waals surface area contributed by atoms with Gasteiger partial charge in [-0.3, -0.25) is 15.0 Å². The highest BCUT2D eigenvalue weighted by Crippen LogP contribution is 2.22. The van der Waals surface area contributed by atoms with Crippen LogP contribution < -0.4 is 4.72 Å². The molecule has 3 rings (SSSR count). The van der Waals surface area contributed by atoms with Crippen LogP contribution in [0.25, 0.3) is 0 Å². The summed E-state index contributed by atoms with van der Waals surface area (Å²) < 4.78 is 33.3. The molecule has 1 N–H and O–H groups in total. The Balaban J connectivity index is 1.76. The molecule has 1 fully saturated rings. The van der Waals surface area contributed by atoms with E-state index >= 15 is 0 Å². The lowest BCUT2D eigenvalue weighted by atomic mass is 10.1. The number of nitrogens with one attached hydrogen (secondary N) is 1. The molecule has 1 saturated heterocycles. The maximum atomic E-state index is 12.6. The summed E-state index contributed by atoms with van der Waals surface area (Å²) in [5, 5.41) is 10.7. The molecule has 2 aromatic rings. The minimum absolute atomic E-state index is 0.00175. The molecule has 9 heteroatoms. The van der Waals surface area contributed by atoms with Gasteiger partial charge < -0.3 is 4.74 Å². The fraction of sp³-hybridized carbons (Fsp3) is 0.333. The number of hydrogen-bond acceptors (Lipinski definition) is 6. The number of hydrogen-bond donors (Lipinski definition) is 1. The van der Waals surface area contributed by atoms with Crippen LogP contribution in [0.5, 0.6) is 0 Å². The molecule has 0 aromatic heterocycles. The van der Waals surface area contributed by atoms with Crippen LogP contribution in [0.15, 0.2) is 59.5 Å². The van der Waals surface area contributed by atoms with Crippen molar-refractivity contribution in [1.29, 1.82) is 0 Å². The Morgan fingerprint density at radius 2 is 1.70 bits per heavy atom. The molecule has 8 nitrogen and oxygen atoms in total. The number of nitro benzene ring substituents is 1. The SMILES string of the molecule is O=[N+]([O-])c1ccc(S(=O)(=O)NCC(c2ccccc2)N2CCOCC2)cc1. The van der Waals surface area contributed by atoms with Crippen LogP contribution in [0.1, 0.15) is 11.6 Å². The predicted molar refractivity (Wildman–Crippen MR) is 99.9 cm³/mol. The number of rotatable bonds is 7. The summed E-state index contributed by atoms with van der Waals surface area (Å²) >= 11 is 0. The Morgan fingerprint density at radius 3 is 2.30 bits per heavy atom. The second kappa shape index (κ2) is 8.57. The first kappa shape index (κ1) is 19.4. The zero-order valence-corrected chi connectivity index (χ0v) is 15.5. The van der Waals surface area contributed by atoms with Crippen LogP contribution >= 0.6 is 0 Å². The molecule has 0 saturated carbocycles. The highest BCUT2D eigenvalue weighted by Gasteiger charge is 2.25. The Hall–Kier alpha value is -2.33. The summed E-state index contributed by atoms with van der Waals surface area (Å²) in [6.07, 6.45) is 0. The van der Waals surface area contributed by atoms with Gasteiger partial charge in [-0.2, -0.15) is 0 Å². The highest BCUT2D eigenvalue weighted by molar-refractivity contribution is 7.89. The molecule has 1 aliphatic heterocycles. The molecule has 0 bridgehead atoms. The van der Waals surface area contributed by atoms with Crippen LogP contribution in [0.2, 0.25) is 0 Å². The van der Waals surface area contributed by atoms with Crippen molar-refractivity contribution in [1.82, 2.24) is 9.62 Å². The molecule has 0 radical (unpaired) electrons.